The van der Waals surface area contributed by atoms with Crippen molar-refractivity contribution in [1.82, 2.24) is 0 Å². The number of fused-ring (bicyclic) bond motifs is 2. The van der Waals surface area contributed by atoms with Crippen LogP contribution in [0.1, 0.15) is 46.5 Å². The van der Waals surface area contributed by atoms with Crippen LogP contribution in [0.25, 0.3) is 21.5 Å². The Morgan fingerprint density at radius 2 is 1.57 bits per heavy atom. The van der Waals surface area contributed by atoms with Crippen LogP contribution in [0, 0.1) is 5.92 Å². The fourth-order valence-electron chi connectivity index (χ4n) is 4.81. The fourth-order valence-corrected chi connectivity index (χ4v) is 4.81. The molecule has 0 spiro atoms. The molecular formula is C35H40O5. The number of rotatable bonds is 15. The van der Waals surface area contributed by atoms with Crippen LogP contribution in [0.2, 0.25) is 0 Å². The molecule has 0 amide bonds. The van der Waals surface area contributed by atoms with Crippen LogP contribution in [-0.4, -0.2) is 31.9 Å². The van der Waals surface area contributed by atoms with Gasteiger partial charge in [-0.15, -0.1) is 0 Å². The first kappa shape index (κ1) is 29.2. The van der Waals surface area contributed by atoms with Gasteiger partial charge in [-0.25, -0.2) is 4.79 Å². The van der Waals surface area contributed by atoms with Crippen molar-refractivity contribution in [3.05, 3.63) is 91.0 Å². The minimum Gasteiger partial charge on any atom is -0.488 e. The number of carbonyl (C=O) groups excluding carboxylic acids is 1. The van der Waals surface area contributed by atoms with Gasteiger partial charge in [-0.3, -0.25) is 0 Å². The molecule has 0 saturated heterocycles. The molecule has 0 aliphatic carbocycles. The summed E-state index contributed by atoms with van der Waals surface area (Å²) in [6.07, 6.45) is 3.92. The van der Waals surface area contributed by atoms with Crippen molar-refractivity contribution in [3.8, 4) is 17.2 Å². The second-order valence-corrected chi connectivity index (χ2v) is 10.3. The zero-order valence-electron chi connectivity index (χ0n) is 23.9. The minimum atomic E-state index is -0.576. The number of ether oxygens (including phenoxy) is 4. The Morgan fingerprint density at radius 1 is 0.825 bits per heavy atom. The zero-order chi connectivity index (χ0) is 28.3. The Hall–Kier alpha value is -3.83. The number of para-hydroxylation sites is 1. The van der Waals surface area contributed by atoms with E-state index in [-0.39, 0.29) is 13.2 Å². The lowest BCUT2D eigenvalue weighted by atomic mass is 9.98. The van der Waals surface area contributed by atoms with Crippen molar-refractivity contribution >= 4 is 27.5 Å². The first-order valence-corrected chi connectivity index (χ1v) is 14.2. The molecule has 0 heterocycles. The standard InChI is InChI=1S/C35H40O5/c1-5-12-26(6-2)19-20-37-23-31(40-35(36)25(3)4)24-38-34-32-16-11-10-13-27(32)21-28-17-18-30(22-33(28)34)39-29-14-8-7-9-15-29/h7-11,13-18,21-22,26,31H,3,5-6,12,19-20,23-24H2,1-2,4H3. The van der Waals surface area contributed by atoms with Gasteiger partial charge in [-0.05, 0) is 60.4 Å². The van der Waals surface area contributed by atoms with Gasteiger partial charge in [0.25, 0.3) is 0 Å². The van der Waals surface area contributed by atoms with E-state index in [2.05, 4.69) is 32.6 Å². The quantitative estimate of drug-likeness (QED) is 0.0652. The molecule has 4 rings (SSSR count). The molecule has 0 aliphatic heterocycles. The number of esters is 1. The third kappa shape index (κ3) is 7.86. The Labute approximate surface area is 237 Å². The fraction of sp³-hybridized carbons (Fsp3) is 0.343. The van der Waals surface area contributed by atoms with E-state index in [4.69, 9.17) is 18.9 Å². The van der Waals surface area contributed by atoms with E-state index in [0.717, 1.165) is 45.9 Å². The van der Waals surface area contributed by atoms with Crippen molar-refractivity contribution < 1.29 is 23.7 Å². The van der Waals surface area contributed by atoms with E-state index in [9.17, 15) is 4.79 Å². The molecule has 5 heteroatoms. The number of benzene rings is 4. The average molecular weight is 541 g/mol. The first-order chi connectivity index (χ1) is 19.5. The summed E-state index contributed by atoms with van der Waals surface area (Å²) in [6.45, 7) is 10.8. The maximum absolute atomic E-state index is 12.4. The molecule has 2 atom stereocenters. The first-order valence-electron chi connectivity index (χ1n) is 14.2. The maximum atomic E-state index is 12.4. The highest BCUT2D eigenvalue weighted by Gasteiger charge is 2.19. The van der Waals surface area contributed by atoms with Gasteiger partial charge in [0.05, 0.1) is 6.61 Å². The van der Waals surface area contributed by atoms with Crippen LogP contribution >= 0.6 is 0 Å². The number of carbonyl (C=O) groups is 1. The molecule has 40 heavy (non-hydrogen) atoms. The van der Waals surface area contributed by atoms with E-state index in [0.29, 0.717) is 23.8 Å². The summed E-state index contributed by atoms with van der Waals surface area (Å²) >= 11 is 0. The lowest BCUT2D eigenvalue weighted by Gasteiger charge is -2.21. The second-order valence-electron chi connectivity index (χ2n) is 10.3. The maximum Gasteiger partial charge on any atom is 0.333 e. The van der Waals surface area contributed by atoms with E-state index in [1.807, 2.05) is 66.7 Å². The predicted octanol–water partition coefficient (Wildman–Crippen LogP) is 8.89. The van der Waals surface area contributed by atoms with E-state index in [1.54, 1.807) is 6.92 Å². The van der Waals surface area contributed by atoms with Crippen molar-refractivity contribution in [2.75, 3.05) is 19.8 Å². The summed E-state index contributed by atoms with van der Waals surface area (Å²) < 4.78 is 24.3. The Kier molecular flexibility index (Phi) is 10.6. The smallest absolute Gasteiger partial charge is 0.333 e. The topological polar surface area (TPSA) is 54.0 Å². The second kappa shape index (κ2) is 14.5. The lowest BCUT2D eigenvalue weighted by molar-refractivity contribution is -0.149. The van der Waals surface area contributed by atoms with Gasteiger partial charge in [0.1, 0.15) is 23.9 Å². The summed E-state index contributed by atoms with van der Waals surface area (Å²) in [4.78, 5) is 12.4. The van der Waals surface area contributed by atoms with Gasteiger partial charge in [0, 0.05) is 23.0 Å². The molecular weight excluding hydrogens is 500 g/mol. The molecule has 0 aliphatic rings. The van der Waals surface area contributed by atoms with Crippen molar-refractivity contribution in [1.29, 1.82) is 0 Å². The summed E-state index contributed by atoms with van der Waals surface area (Å²) in [5.74, 6) is 2.39. The average Bonchev–Trinajstić information content (AvgIpc) is 2.97. The Bertz CT molecular complexity index is 1410. The molecule has 4 aromatic rings. The Morgan fingerprint density at radius 3 is 2.33 bits per heavy atom. The third-order valence-electron chi connectivity index (χ3n) is 7.05. The zero-order valence-corrected chi connectivity index (χ0v) is 23.9. The molecule has 0 fully saturated rings. The van der Waals surface area contributed by atoms with E-state index < -0.39 is 12.1 Å². The summed E-state index contributed by atoms with van der Waals surface area (Å²) in [6, 6.07) is 25.9. The molecule has 0 radical (unpaired) electrons. The highest BCUT2D eigenvalue weighted by molar-refractivity contribution is 6.05. The van der Waals surface area contributed by atoms with Gasteiger partial charge in [-0.1, -0.05) is 88.2 Å². The highest BCUT2D eigenvalue weighted by Crippen LogP contribution is 2.38. The largest absolute Gasteiger partial charge is 0.488 e. The molecule has 0 saturated carbocycles. The van der Waals surface area contributed by atoms with E-state index >= 15 is 0 Å². The van der Waals surface area contributed by atoms with Crippen LogP contribution in [0.15, 0.2) is 91.0 Å². The number of hydrogen-bond acceptors (Lipinski definition) is 5. The molecule has 5 nitrogen and oxygen atoms in total. The molecule has 0 bridgehead atoms. The van der Waals surface area contributed by atoms with Crippen LogP contribution in [0.4, 0.5) is 0 Å². The molecule has 4 aromatic carbocycles. The van der Waals surface area contributed by atoms with Crippen LogP contribution in [0.5, 0.6) is 17.2 Å². The van der Waals surface area contributed by atoms with Crippen molar-refractivity contribution in [3.63, 3.8) is 0 Å². The number of hydrogen-bond donors (Lipinski definition) is 0. The SMILES string of the molecule is C=C(C)C(=O)OC(COCCC(CC)CCC)COc1c2ccccc2cc2ccc(Oc3ccccc3)cc12. The van der Waals surface area contributed by atoms with Crippen LogP contribution in [-0.2, 0) is 14.3 Å². The van der Waals surface area contributed by atoms with Gasteiger partial charge in [0.2, 0.25) is 0 Å². The predicted molar refractivity (Wildman–Crippen MR) is 162 cm³/mol. The summed E-state index contributed by atoms with van der Waals surface area (Å²) in [5.41, 5.74) is 0.345. The van der Waals surface area contributed by atoms with Gasteiger partial charge in [-0.2, -0.15) is 0 Å². The van der Waals surface area contributed by atoms with E-state index in [1.165, 1.54) is 12.8 Å². The Balaban J connectivity index is 1.57. The van der Waals surface area contributed by atoms with Crippen molar-refractivity contribution in [2.45, 2.75) is 52.6 Å². The summed E-state index contributed by atoms with van der Waals surface area (Å²) in [7, 11) is 0. The summed E-state index contributed by atoms with van der Waals surface area (Å²) in [5, 5.41) is 3.99. The monoisotopic (exact) mass is 540 g/mol. The molecule has 2 unspecified atom stereocenters. The minimum absolute atomic E-state index is 0.151. The molecule has 210 valence electrons. The third-order valence-corrected chi connectivity index (χ3v) is 7.05. The van der Waals surface area contributed by atoms with Crippen LogP contribution in [0.3, 0.4) is 0 Å². The van der Waals surface area contributed by atoms with Gasteiger partial charge >= 0.3 is 5.97 Å². The molecule has 0 N–H and O–H groups in total. The molecule has 0 aromatic heterocycles. The normalized spacial score (nSPS) is 12.7. The highest BCUT2D eigenvalue weighted by atomic mass is 16.6. The van der Waals surface area contributed by atoms with Crippen LogP contribution < -0.4 is 9.47 Å². The van der Waals surface area contributed by atoms with Crippen molar-refractivity contribution in [2.24, 2.45) is 5.92 Å². The van der Waals surface area contributed by atoms with Gasteiger partial charge < -0.3 is 18.9 Å². The van der Waals surface area contributed by atoms with Gasteiger partial charge in [0.15, 0.2) is 6.10 Å². The lowest BCUT2D eigenvalue weighted by Crippen LogP contribution is -2.30.